The van der Waals surface area contributed by atoms with E-state index in [4.69, 9.17) is 0 Å². The van der Waals surface area contributed by atoms with E-state index in [9.17, 15) is 12.8 Å². The first-order valence-corrected chi connectivity index (χ1v) is 7.43. The average Bonchev–Trinajstić information content (AvgIpc) is 2.35. The minimum Gasteiger partial charge on any atom is -0.283 e. The van der Waals surface area contributed by atoms with Crippen LogP contribution in [0.4, 0.5) is 10.1 Å². The Kier molecular flexibility index (Phi) is 3.85. The second kappa shape index (κ2) is 5.40. The van der Waals surface area contributed by atoms with Crippen LogP contribution in [-0.2, 0) is 15.8 Å². The van der Waals surface area contributed by atoms with Gasteiger partial charge in [-0.3, -0.25) is 4.72 Å². The predicted octanol–water partition coefficient (Wildman–Crippen LogP) is 3.08. The molecule has 0 aliphatic heterocycles. The highest BCUT2D eigenvalue weighted by molar-refractivity contribution is 7.91. The summed E-state index contributed by atoms with van der Waals surface area (Å²) in [5.41, 5.74) is 1.25. The van der Waals surface area contributed by atoms with E-state index in [0.29, 0.717) is 11.1 Å². The van der Waals surface area contributed by atoms with Gasteiger partial charge in [0.15, 0.2) is 0 Å². The summed E-state index contributed by atoms with van der Waals surface area (Å²) in [5.74, 6) is -0.566. The van der Waals surface area contributed by atoms with Gasteiger partial charge in [-0.25, -0.2) is 12.8 Å². The summed E-state index contributed by atoms with van der Waals surface area (Å²) in [6, 6.07) is 13.2. The number of benzene rings is 2. The standard InChI is InChI=1S/C14H14FNO2S/c1-11-13(15)8-5-9-14(11)16-19(17,18)10-12-6-3-2-4-7-12/h2-9,16H,10H2,1H3. The minimum atomic E-state index is -3.54. The van der Waals surface area contributed by atoms with Crippen molar-refractivity contribution in [1.29, 1.82) is 0 Å². The molecule has 0 fully saturated rings. The predicted molar refractivity (Wildman–Crippen MR) is 73.8 cm³/mol. The van der Waals surface area contributed by atoms with Crippen LogP contribution in [0.15, 0.2) is 48.5 Å². The van der Waals surface area contributed by atoms with E-state index < -0.39 is 15.8 Å². The van der Waals surface area contributed by atoms with E-state index in [-0.39, 0.29) is 11.4 Å². The van der Waals surface area contributed by atoms with Gasteiger partial charge in [-0.05, 0) is 24.6 Å². The van der Waals surface area contributed by atoms with Crippen molar-refractivity contribution in [3.8, 4) is 0 Å². The van der Waals surface area contributed by atoms with Gasteiger partial charge < -0.3 is 0 Å². The van der Waals surface area contributed by atoms with Crippen LogP contribution >= 0.6 is 0 Å². The van der Waals surface area contributed by atoms with Crippen LogP contribution in [-0.4, -0.2) is 8.42 Å². The molecule has 2 aromatic carbocycles. The molecular weight excluding hydrogens is 265 g/mol. The lowest BCUT2D eigenvalue weighted by Crippen LogP contribution is -2.16. The molecule has 1 N–H and O–H groups in total. The zero-order valence-corrected chi connectivity index (χ0v) is 11.2. The summed E-state index contributed by atoms with van der Waals surface area (Å²) in [6.07, 6.45) is 0. The summed E-state index contributed by atoms with van der Waals surface area (Å²) in [7, 11) is -3.54. The lowest BCUT2D eigenvalue weighted by atomic mass is 10.2. The normalized spacial score (nSPS) is 11.3. The smallest absolute Gasteiger partial charge is 0.236 e. The molecule has 0 radical (unpaired) electrons. The molecule has 0 aliphatic carbocycles. The molecule has 19 heavy (non-hydrogen) atoms. The van der Waals surface area contributed by atoms with E-state index >= 15 is 0 Å². The third kappa shape index (κ3) is 3.54. The van der Waals surface area contributed by atoms with Gasteiger partial charge in [0.1, 0.15) is 5.82 Å². The van der Waals surface area contributed by atoms with Crippen molar-refractivity contribution in [3.63, 3.8) is 0 Å². The largest absolute Gasteiger partial charge is 0.283 e. The van der Waals surface area contributed by atoms with Crippen LogP contribution in [0, 0.1) is 12.7 Å². The molecule has 0 spiro atoms. The maximum absolute atomic E-state index is 13.3. The second-order valence-electron chi connectivity index (χ2n) is 4.26. The molecule has 0 amide bonds. The molecule has 2 aromatic rings. The van der Waals surface area contributed by atoms with E-state index in [1.807, 2.05) is 6.07 Å². The minimum absolute atomic E-state index is 0.135. The van der Waals surface area contributed by atoms with Gasteiger partial charge >= 0.3 is 0 Å². The van der Waals surface area contributed by atoms with Crippen LogP contribution in [0.3, 0.4) is 0 Å². The fourth-order valence-electron chi connectivity index (χ4n) is 1.72. The molecule has 0 heterocycles. The molecule has 0 bridgehead atoms. The van der Waals surface area contributed by atoms with Crippen molar-refractivity contribution in [1.82, 2.24) is 0 Å². The first-order chi connectivity index (χ1) is 8.98. The monoisotopic (exact) mass is 279 g/mol. The Morgan fingerprint density at radius 3 is 2.42 bits per heavy atom. The van der Waals surface area contributed by atoms with Crippen LogP contribution in [0.25, 0.3) is 0 Å². The second-order valence-corrected chi connectivity index (χ2v) is 5.98. The molecule has 5 heteroatoms. The number of nitrogens with one attached hydrogen (secondary N) is 1. The Labute approximate surface area is 112 Å². The molecular formula is C14H14FNO2S. The molecule has 2 rings (SSSR count). The fourth-order valence-corrected chi connectivity index (χ4v) is 2.97. The van der Waals surface area contributed by atoms with Gasteiger partial charge in [0.25, 0.3) is 0 Å². The van der Waals surface area contributed by atoms with Crippen molar-refractivity contribution in [2.24, 2.45) is 0 Å². The van der Waals surface area contributed by atoms with Crippen molar-refractivity contribution >= 4 is 15.7 Å². The maximum atomic E-state index is 13.3. The number of sulfonamides is 1. The van der Waals surface area contributed by atoms with Crippen molar-refractivity contribution in [3.05, 3.63) is 65.5 Å². The van der Waals surface area contributed by atoms with Crippen molar-refractivity contribution in [2.75, 3.05) is 4.72 Å². The van der Waals surface area contributed by atoms with Crippen molar-refractivity contribution < 1.29 is 12.8 Å². The number of hydrogen-bond donors (Lipinski definition) is 1. The molecule has 0 unspecified atom stereocenters. The van der Waals surface area contributed by atoms with Gasteiger partial charge in [-0.1, -0.05) is 36.4 Å². The third-order valence-corrected chi connectivity index (χ3v) is 3.98. The van der Waals surface area contributed by atoms with Gasteiger partial charge in [-0.15, -0.1) is 0 Å². The highest BCUT2D eigenvalue weighted by Gasteiger charge is 2.13. The Morgan fingerprint density at radius 1 is 1.05 bits per heavy atom. The van der Waals surface area contributed by atoms with Crippen LogP contribution < -0.4 is 4.72 Å². The summed E-state index contributed by atoms with van der Waals surface area (Å²) in [4.78, 5) is 0. The summed E-state index contributed by atoms with van der Waals surface area (Å²) < 4.78 is 39.8. The molecule has 3 nitrogen and oxygen atoms in total. The Balaban J connectivity index is 2.20. The third-order valence-electron chi connectivity index (χ3n) is 2.73. The Bertz CT molecular complexity index is 669. The Morgan fingerprint density at radius 2 is 1.74 bits per heavy atom. The Hall–Kier alpha value is -1.88. The van der Waals surface area contributed by atoms with E-state index in [1.165, 1.54) is 19.1 Å². The molecule has 0 aliphatic rings. The lowest BCUT2D eigenvalue weighted by Gasteiger charge is -2.10. The molecule has 0 saturated heterocycles. The molecule has 0 aromatic heterocycles. The number of rotatable bonds is 4. The SMILES string of the molecule is Cc1c(F)cccc1NS(=O)(=O)Cc1ccccc1. The summed E-state index contributed by atoms with van der Waals surface area (Å²) in [5, 5.41) is 0. The van der Waals surface area contributed by atoms with Gasteiger partial charge in [0.2, 0.25) is 10.0 Å². The van der Waals surface area contributed by atoms with Gasteiger partial charge in [-0.2, -0.15) is 0 Å². The highest BCUT2D eigenvalue weighted by atomic mass is 32.2. The topological polar surface area (TPSA) is 46.2 Å². The fraction of sp³-hybridized carbons (Fsp3) is 0.143. The molecule has 0 atom stereocenters. The average molecular weight is 279 g/mol. The van der Waals surface area contributed by atoms with E-state index in [0.717, 1.165) is 0 Å². The zero-order valence-electron chi connectivity index (χ0n) is 10.4. The van der Waals surface area contributed by atoms with Crippen LogP contribution in [0.5, 0.6) is 0 Å². The van der Waals surface area contributed by atoms with Crippen LogP contribution in [0.2, 0.25) is 0 Å². The summed E-state index contributed by atoms with van der Waals surface area (Å²) >= 11 is 0. The highest BCUT2D eigenvalue weighted by Crippen LogP contribution is 2.19. The van der Waals surface area contributed by atoms with Gasteiger partial charge in [0, 0.05) is 5.56 Å². The number of hydrogen-bond acceptors (Lipinski definition) is 2. The maximum Gasteiger partial charge on any atom is 0.236 e. The van der Waals surface area contributed by atoms with Crippen LogP contribution in [0.1, 0.15) is 11.1 Å². The van der Waals surface area contributed by atoms with Crippen molar-refractivity contribution in [2.45, 2.75) is 12.7 Å². The first kappa shape index (κ1) is 13.5. The first-order valence-electron chi connectivity index (χ1n) is 5.77. The number of halogens is 1. The quantitative estimate of drug-likeness (QED) is 0.935. The van der Waals surface area contributed by atoms with Gasteiger partial charge in [0.05, 0.1) is 11.4 Å². The number of anilines is 1. The molecule has 0 saturated carbocycles. The van der Waals surface area contributed by atoms with E-state index in [2.05, 4.69) is 4.72 Å². The van der Waals surface area contributed by atoms with E-state index in [1.54, 1.807) is 30.3 Å². The zero-order chi connectivity index (χ0) is 13.9. The lowest BCUT2D eigenvalue weighted by molar-refractivity contribution is 0.600. The summed E-state index contributed by atoms with van der Waals surface area (Å²) in [6.45, 7) is 1.54. The molecule has 100 valence electrons.